The van der Waals surface area contributed by atoms with Gasteiger partial charge in [0.2, 0.25) is 11.8 Å². The molecule has 3 heterocycles. The minimum atomic E-state index is 0.0249. The Balaban J connectivity index is 1.61. The number of carbonyl (C=O) groups is 2. The molecule has 7 nitrogen and oxygen atoms in total. The lowest BCUT2D eigenvalue weighted by molar-refractivity contribution is -0.122. The van der Waals surface area contributed by atoms with Crippen molar-refractivity contribution in [2.45, 2.75) is 32.7 Å². The van der Waals surface area contributed by atoms with Gasteiger partial charge >= 0.3 is 0 Å². The Morgan fingerprint density at radius 3 is 2.93 bits per heavy atom. The van der Waals surface area contributed by atoms with Crippen molar-refractivity contribution in [2.24, 2.45) is 7.05 Å². The fraction of sp³-hybridized carbons (Fsp3) is 0.381. The maximum Gasteiger partial charge on any atom is 0.229 e. The fourth-order valence-electron chi connectivity index (χ4n) is 3.85. The van der Waals surface area contributed by atoms with Gasteiger partial charge in [0.15, 0.2) is 0 Å². The summed E-state index contributed by atoms with van der Waals surface area (Å²) in [5, 5.41) is 8.72. The highest BCUT2D eigenvalue weighted by molar-refractivity contribution is 5.98. The minimum Gasteiger partial charge on any atom is -0.356 e. The number of nitrogens with zero attached hydrogens (tertiary/aromatic N) is 4. The Kier molecular flexibility index (Phi) is 4.90. The van der Waals surface area contributed by atoms with Crippen LogP contribution in [0, 0.1) is 0 Å². The van der Waals surface area contributed by atoms with Gasteiger partial charge in [0.1, 0.15) is 5.82 Å². The number of para-hydroxylation sites is 1. The molecular weight excluding hydrogens is 354 g/mol. The molecule has 146 valence electrons. The molecule has 0 aliphatic carbocycles. The molecule has 0 saturated carbocycles. The van der Waals surface area contributed by atoms with Crippen LogP contribution in [0.4, 0.5) is 5.82 Å². The van der Waals surface area contributed by atoms with Crippen molar-refractivity contribution in [3.63, 3.8) is 0 Å². The summed E-state index contributed by atoms with van der Waals surface area (Å²) in [5.74, 6) is 0.930. The maximum atomic E-state index is 12.5. The molecule has 0 bridgehead atoms. The van der Waals surface area contributed by atoms with Crippen LogP contribution in [0.2, 0.25) is 0 Å². The van der Waals surface area contributed by atoms with Crippen LogP contribution in [0.3, 0.4) is 0 Å². The standard InChI is InChI=1S/C21H25N5O2/c1-3-22-19(27)9-6-11-25-20-13-17(23-26(20)12-10-21(25)28)16-14-24(2)18-8-5-4-7-15(16)18/h4-5,7-8,13-14H,3,6,9-12H2,1-2H3,(H,22,27). The molecule has 0 saturated heterocycles. The van der Waals surface area contributed by atoms with Crippen LogP contribution in [0.15, 0.2) is 36.5 Å². The number of amides is 2. The first-order valence-electron chi connectivity index (χ1n) is 9.78. The molecule has 2 aromatic heterocycles. The third-order valence-electron chi connectivity index (χ3n) is 5.21. The summed E-state index contributed by atoms with van der Waals surface area (Å²) in [6.45, 7) is 3.64. The molecule has 1 aromatic carbocycles. The zero-order valence-corrected chi connectivity index (χ0v) is 16.3. The molecule has 0 radical (unpaired) electrons. The number of hydrogen-bond acceptors (Lipinski definition) is 3. The first-order chi connectivity index (χ1) is 13.6. The van der Waals surface area contributed by atoms with E-state index in [1.54, 1.807) is 4.90 Å². The summed E-state index contributed by atoms with van der Waals surface area (Å²) in [6, 6.07) is 10.2. The zero-order chi connectivity index (χ0) is 19.7. The highest BCUT2D eigenvalue weighted by Crippen LogP contribution is 2.33. The molecule has 0 atom stereocenters. The summed E-state index contributed by atoms with van der Waals surface area (Å²) in [5.41, 5.74) is 3.09. The largest absolute Gasteiger partial charge is 0.356 e. The van der Waals surface area contributed by atoms with Crippen LogP contribution in [0.5, 0.6) is 0 Å². The minimum absolute atomic E-state index is 0.0249. The van der Waals surface area contributed by atoms with Crippen molar-refractivity contribution in [2.75, 3.05) is 18.0 Å². The van der Waals surface area contributed by atoms with Crippen LogP contribution in [-0.2, 0) is 23.2 Å². The SMILES string of the molecule is CCNC(=O)CCCN1C(=O)CCn2nc(-c3cn(C)c4ccccc34)cc21. The van der Waals surface area contributed by atoms with Crippen molar-refractivity contribution in [1.29, 1.82) is 0 Å². The van der Waals surface area contributed by atoms with E-state index in [2.05, 4.69) is 28.2 Å². The number of hydrogen-bond donors (Lipinski definition) is 1. The van der Waals surface area contributed by atoms with Gasteiger partial charge in [-0.3, -0.25) is 14.5 Å². The number of nitrogens with one attached hydrogen (secondary N) is 1. The number of benzene rings is 1. The van der Waals surface area contributed by atoms with Gasteiger partial charge in [0.05, 0.1) is 12.2 Å². The molecule has 1 N–H and O–H groups in total. The van der Waals surface area contributed by atoms with Crippen LogP contribution in [0.1, 0.15) is 26.2 Å². The molecule has 3 aromatic rings. The van der Waals surface area contributed by atoms with Crippen LogP contribution in [-0.4, -0.2) is 39.3 Å². The van der Waals surface area contributed by atoms with Gasteiger partial charge in [-0.2, -0.15) is 5.10 Å². The third-order valence-corrected chi connectivity index (χ3v) is 5.21. The molecule has 0 fully saturated rings. The van der Waals surface area contributed by atoms with Crippen molar-refractivity contribution >= 4 is 28.5 Å². The Hall–Kier alpha value is -3.09. The summed E-state index contributed by atoms with van der Waals surface area (Å²) in [4.78, 5) is 26.0. The summed E-state index contributed by atoms with van der Waals surface area (Å²) in [6.07, 6.45) is 3.57. The van der Waals surface area contributed by atoms with Gasteiger partial charge < -0.3 is 9.88 Å². The first kappa shape index (κ1) is 18.3. The van der Waals surface area contributed by atoms with Crippen molar-refractivity contribution in [3.05, 3.63) is 36.5 Å². The Labute approximate surface area is 163 Å². The molecule has 7 heteroatoms. The van der Waals surface area contributed by atoms with Gasteiger partial charge in [-0.15, -0.1) is 0 Å². The average Bonchev–Trinajstić information content (AvgIpc) is 3.25. The molecule has 4 rings (SSSR count). The number of aryl methyl sites for hydroxylation is 2. The summed E-state index contributed by atoms with van der Waals surface area (Å²) in [7, 11) is 2.03. The lowest BCUT2D eigenvalue weighted by Crippen LogP contribution is -2.38. The number of fused-ring (bicyclic) bond motifs is 2. The second-order valence-corrected chi connectivity index (χ2v) is 7.13. The molecule has 1 aliphatic rings. The van der Waals surface area contributed by atoms with Crippen molar-refractivity contribution < 1.29 is 9.59 Å². The number of anilines is 1. The summed E-state index contributed by atoms with van der Waals surface area (Å²) < 4.78 is 4.00. The normalized spacial score (nSPS) is 13.8. The first-order valence-corrected chi connectivity index (χ1v) is 9.78. The van der Waals surface area contributed by atoms with Gasteiger partial charge in [0, 0.05) is 61.7 Å². The third kappa shape index (κ3) is 3.28. The lowest BCUT2D eigenvalue weighted by Gasteiger charge is -2.27. The van der Waals surface area contributed by atoms with E-state index in [-0.39, 0.29) is 11.8 Å². The average molecular weight is 379 g/mol. The molecular formula is C21H25N5O2. The van der Waals surface area contributed by atoms with Crippen LogP contribution in [0.25, 0.3) is 22.2 Å². The second-order valence-electron chi connectivity index (χ2n) is 7.13. The van der Waals surface area contributed by atoms with Gasteiger partial charge in [-0.1, -0.05) is 18.2 Å². The quantitative estimate of drug-likeness (QED) is 0.716. The van der Waals surface area contributed by atoms with Crippen molar-refractivity contribution in [3.8, 4) is 11.3 Å². The molecule has 1 aliphatic heterocycles. The Bertz CT molecular complexity index is 1030. The zero-order valence-electron chi connectivity index (χ0n) is 16.3. The van der Waals surface area contributed by atoms with Crippen LogP contribution >= 0.6 is 0 Å². The van der Waals surface area contributed by atoms with E-state index in [1.165, 1.54) is 0 Å². The Morgan fingerprint density at radius 1 is 1.29 bits per heavy atom. The molecule has 28 heavy (non-hydrogen) atoms. The second kappa shape index (κ2) is 7.50. The monoisotopic (exact) mass is 379 g/mol. The van der Waals surface area contributed by atoms with E-state index in [0.717, 1.165) is 28.0 Å². The molecule has 2 amide bonds. The Morgan fingerprint density at radius 2 is 2.11 bits per heavy atom. The predicted molar refractivity (Wildman–Crippen MR) is 109 cm³/mol. The van der Waals surface area contributed by atoms with E-state index in [9.17, 15) is 9.59 Å². The van der Waals surface area contributed by atoms with E-state index in [4.69, 9.17) is 5.10 Å². The number of rotatable bonds is 6. The van der Waals surface area contributed by atoms with E-state index in [1.807, 2.05) is 36.9 Å². The van der Waals surface area contributed by atoms with E-state index >= 15 is 0 Å². The lowest BCUT2D eigenvalue weighted by atomic mass is 10.1. The molecule has 0 spiro atoms. The van der Waals surface area contributed by atoms with E-state index in [0.29, 0.717) is 38.9 Å². The van der Waals surface area contributed by atoms with Gasteiger partial charge in [-0.25, -0.2) is 4.68 Å². The highest BCUT2D eigenvalue weighted by Gasteiger charge is 2.27. The van der Waals surface area contributed by atoms with Gasteiger partial charge in [-0.05, 0) is 19.4 Å². The molecule has 0 unspecified atom stereocenters. The maximum absolute atomic E-state index is 12.5. The topological polar surface area (TPSA) is 72.2 Å². The highest BCUT2D eigenvalue weighted by atomic mass is 16.2. The van der Waals surface area contributed by atoms with E-state index < -0.39 is 0 Å². The number of carbonyl (C=O) groups excluding carboxylic acids is 2. The van der Waals surface area contributed by atoms with Crippen molar-refractivity contribution in [1.82, 2.24) is 19.7 Å². The smallest absolute Gasteiger partial charge is 0.229 e. The number of aromatic nitrogens is 3. The fourth-order valence-corrected chi connectivity index (χ4v) is 3.85. The van der Waals surface area contributed by atoms with Crippen LogP contribution < -0.4 is 10.2 Å². The summed E-state index contributed by atoms with van der Waals surface area (Å²) >= 11 is 0. The predicted octanol–water partition coefficient (Wildman–Crippen LogP) is 2.69. The van der Waals surface area contributed by atoms with Gasteiger partial charge in [0.25, 0.3) is 0 Å².